The third kappa shape index (κ3) is 4.73. The number of hydrogen-bond donors (Lipinski definition) is 0. The van der Waals surface area contributed by atoms with Gasteiger partial charge >= 0.3 is 0 Å². The van der Waals surface area contributed by atoms with E-state index in [1.807, 2.05) is 60.7 Å². The Bertz CT molecular complexity index is 842. The van der Waals surface area contributed by atoms with Crippen LogP contribution >= 0.6 is 0 Å². The third-order valence-corrected chi connectivity index (χ3v) is 4.21. The number of hydrogen-bond acceptors (Lipinski definition) is 3. The van der Waals surface area contributed by atoms with E-state index in [-0.39, 0.29) is 5.78 Å². The van der Waals surface area contributed by atoms with Gasteiger partial charge in [-0.1, -0.05) is 60.7 Å². The van der Waals surface area contributed by atoms with Gasteiger partial charge in [0, 0.05) is 12.0 Å². The van der Waals surface area contributed by atoms with Crippen LogP contribution in [0.5, 0.6) is 11.5 Å². The van der Waals surface area contributed by atoms with Crippen LogP contribution in [0.2, 0.25) is 0 Å². The molecule has 0 unspecified atom stereocenters. The second-order valence-corrected chi connectivity index (χ2v) is 6.05. The number of ketones is 1. The summed E-state index contributed by atoms with van der Waals surface area (Å²) in [5.74, 6) is 1.31. The summed E-state index contributed by atoms with van der Waals surface area (Å²) in [4.78, 5) is 12.5. The second kappa shape index (κ2) is 8.86. The maximum absolute atomic E-state index is 12.5. The highest BCUT2D eigenvalue weighted by Gasteiger charge is 2.11. The van der Waals surface area contributed by atoms with E-state index < -0.39 is 0 Å². The van der Waals surface area contributed by atoms with E-state index in [0.717, 1.165) is 17.5 Å². The van der Waals surface area contributed by atoms with Gasteiger partial charge in [0.05, 0.1) is 7.11 Å². The van der Waals surface area contributed by atoms with Crippen molar-refractivity contribution in [3.8, 4) is 11.5 Å². The summed E-state index contributed by atoms with van der Waals surface area (Å²) < 4.78 is 11.3. The molecule has 0 bridgehead atoms. The Morgan fingerprint density at radius 2 is 1.46 bits per heavy atom. The smallest absolute Gasteiger partial charge is 0.163 e. The molecule has 0 saturated carbocycles. The highest BCUT2D eigenvalue weighted by atomic mass is 16.5. The van der Waals surface area contributed by atoms with Crippen LogP contribution in [-0.4, -0.2) is 12.9 Å². The molecular weight excluding hydrogens is 324 g/mol. The van der Waals surface area contributed by atoms with Gasteiger partial charge in [0.2, 0.25) is 0 Å². The molecule has 0 aromatic heterocycles. The molecule has 0 aliphatic heterocycles. The molecule has 0 heterocycles. The molecule has 3 aromatic carbocycles. The average Bonchev–Trinajstić information content (AvgIpc) is 2.72. The predicted molar refractivity (Wildman–Crippen MR) is 103 cm³/mol. The Morgan fingerprint density at radius 1 is 0.808 bits per heavy atom. The number of carbonyl (C=O) groups is 1. The van der Waals surface area contributed by atoms with Crippen molar-refractivity contribution < 1.29 is 14.3 Å². The van der Waals surface area contributed by atoms with Gasteiger partial charge in [-0.2, -0.15) is 0 Å². The zero-order valence-corrected chi connectivity index (χ0v) is 14.9. The number of methoxy groups -OCH3 is 1. The van der Waals surface area contributed by atoms with Crippen molar-refractivity contribution in [1.82, 2.24) is 0 Å². The first-order chi connectivity index (χ1) is 12.8. The minimum atomic E-state index is 0.0989. The molecule has 0 atom stereocenters. The summed E-state index contributed by atoms with van der Waals surface area (Å²) >= 11 is 0. The molecule has 3 rings (SSSR count). The Balaban J connectivity index is 1.64. The van der Waals surface area contributed by atoms with Gasteiger partial charge in [0.25, 0.3) is 0 Å². The molecule has 3 nitrogen and oxygen atoms in total. The lowest BCUT2D eigenvalue weighted by molar-refractivity contribution is 0.0982. The fourth-order valence-electron chi connectivity index (χ4n) is 2.74. The van der Waals surface area contributed by atoms with E-state index in [9.17, 15) is 4.79 Å². The van der Waals surface area contributed by atoms with E-state index in [4.69, 9.17) is 9.47 Å². The molecule has 0 aliphatic carbocycles. The Morgan fingerprint density at radius 3 is 2.12 bits per heavy atom. The van der Waals surface area contributed by atoms with Crippen molar-refractivity contribution >= 4 is 5.78 Å². The number of ether oxygens (including phenoxy) is 2. The van der Waals surface area contributed by atoms with E-state index >= 15 is 0 Å². The highest BCUT2D eigenvalue weighted by Crippen LogP contribution is 2.29. The lowest BCUT2D eigenvalue weighted by atomic mass is 10.0. The van der Waals surface area contributed by atoms with Crippen LogP contribution in [0.4, 0.5) is 0 Å². The number of carbonyl (C=O) groups excluding carboxylic acids is 1. The molecule has 0 spiro atoms. The van der Waals surface area contributed by atoms with Gasteiger partial charge in [0.15, 0.2) is 17.3 Å². The zero-order valence-electron chi connectivity index (χ0n) is 14.9. The number of aryl methyl sites for hydroxylation is 1. The van der Waals surface area contributed by atoms with Gasteiger partial charge in [0.1, 0.15) is 6.61 Å². The van der Waals surface area contributed by atoms with Crippen LogP contribution in [0, 0.1) is 0 Å². The van der Waals surface area contributed by atoms with Crippen LogP contribution in [0.25, 0.3) is 0 Å². The predicted octanol–water partition coefficient (Wildman–Crippen LogP) is 5.09. The van der Waals surface area contributed by atoms with Crippen molar-refractivity contribution in [3.05, 3.63) is 95.6 Å². The molecule has 0 fully saturated rings. The van der Waals surface area contributed by atoms with Crippen LogP contribution in [0.1, 0.15) is 27.9 Å². The molecule has 3 heteroatoms. The van der Waals surface area contributed by atoms with Crippen molar-refractivity contribution in [2.45, 2.75) is 19.4 Å². The normalized spacial score (nSPS) is 10.3. The van der Waals surface area contributed by atoms with Gasteiger partial charge in [-0.25, -0.2) is 0 Å². The van der Waals surface area contributed by atoms with Gasteiger partial charge in [-0.05, 0) is 35.7 Å². The quantitative estimate of drug-likeness (QED) is 0.533. The molecule has 0 N–H and O–H groups in total. The minimum Gasteiger partial charge on any atom is -0.493 e. The van der Waals surface area contributed by atoms with Crippen LogP contribution in [0.15, 0.2) is 78.9 Å². The lowest BCUT2D eigenvalue weighted by Crippen LogP contribution is -2.03. The van der Waals surface area contributed by atoms with Crippen LogP contribution in [-0.2, 0) is 13.0 Å². The van der Waals surface area contributed by atoms with E-state index in [2.05, 4.69) is 0 Å². The van der Waals surface area contributed by atoms with E-state index in [0.29, 0.717) is 30.1 Å². The number of rotatable bonds is 8. The molecule has 3 aromatic rings. The van der Waals surface area contributed by atoms with E-state index in [1.54, 1.807) is 25.3 Å². The van der Waals surface area contributed by atoms with Crippen LogP contribution < -0.4 is 9.47 Å². The summed E-state index contributed by atoms with van der Waals surface area (Å²) in [6, 6.07) is 25.3. The molecule has 0 radical (unpaired) electrons. The first kappa shape index (κ1) is 17.7. The molecule has 0 aliphatic rings. The fraction of sp³-hybridized carbons (Fsp3) is 0.174. The molecule has 26 heavy (non-hydrogen) atoms. The van der Waals surface area contributed by atoms with Crippen LogP contribution in [0.3, 0.4) is 0 Å². The molecule has 0 amide bonds. The monoisotopic (exact) mass is 346 g/mol. The van der Waals surface area contributed by atoms with Crippen molar-refractivity contribution in [2.75, 3.05) is 7.11 Å². The highest BCUT2D eigenvalue weighted by molar-refractivity contribution is 5.96. The topological polar surface area (TPSA) is 35.5 Å². The first-order valence-corrected chi connectivity index (χ1v) is 8.68. The Kier molecular flexibility index (Phi) is 6.05. The van der Waals surface area contributed by atoms with Gasteiger partial charge in [-0.3, -0.25) is 4.79 Å². The largest absolute Gasteiger partial charge is 0.493 e. The van der Waals surface area contributed by atoms with Gasteiger partial charge < -0.3 is 9.47 Å². The summed E-state index contributed by atoms with van der Waals surface area (Å²) in [5, 5.41) is 0. The first-order valence-electron chi connectivity index (χ1n) is 8.68. The van der Waals surface area contributed by atoms with Crippen molar-refractivity contribution in [1.29, 1.82) is 0 Å². The van der Waals surface area contributed by atoms with Gasteiger partial charge in [-0.15, -0.1) is 0 Å². The van der Waals surface area contributed by atoms with Crippen molar-refractivity contribution in [3.63, 3.8) is 0 Å². The zero-order chi connectivity index (χ0) is 18.2. The maximum atomic E-state index is 12.5. The number of benzene rings is 3. The summed E-state index contributed by atoms with van der Waals surface area (Å²) in [7, 11) is 1.59. The minimum absolute atomic E-state index is 0.0989. The van der Waals surface area contributed by atoms with E-state index in [1.165, 1.54) is 0 Å². The number of Topliss-reactive ketones (excluding diaryl/α,β-unsaturated/α-hetero) is 1. The summed E-state index contributed by atoms with van der Waals surface area (Å²) in [5.41, 5.74) is 2.89. The maximum Gasteiger partial charge on any atom is 0.163 e. The fourth-order valence-corrected chi connectivity index (χ4v) is 2.74. The van der Waals surface area contributed by atoms with Crippen molar-refractivity contribution in [2.24, 2.45) is 0 Å². The molecular formula is C23H22O3. The summed E-state index contributed by atoms with van der Waals surface area (Å²) in [6.07, 6.45) is 1.20. The molecule has 132 valence electrons. The lowest BCUT2D eigenvalue weighted by Gasteiger charge is -2.12. The average molecular weight is 346 g/mol. The third-order valence-electron chi connectivity index (χ3n) is 4.21. The Labute approximate surface area is 154 Å². The Hall–Kier alpha value is -3.07. The molecule has 0 saturated heterocycles. The second-order valence-electron chi connectivity index (χ2n) is 6.05. The SMILES string of the molecule is COc1cc(C(=O)CCc2ccccc2)ccc1OCc1ccccc1. The summed E-state index contributed by atoms with van der Waals surface area (Å²) in [6.45, 7) is 0.457. The standard InChI is InChI=1S/C23H22O3/c1-25-23-16-20(21(24)14-12-18-8-4-2-5-9-18)13-15-22(23)26-17-19-10-6-3-7-11-19/h2-11,13,15-16H,12,14,17H2,1H3.